The minimum Gasteiger partial charge on any atom is -0.363 e. The smallest absolute Gasteiger partial charge is 0.112 e. The zero-order chi connectivity index (χ0) is 10.9. The van der Waals surface area contributed by atoms with Gasteiger partial charge in [0.15, 0.2) is 0 Å². The minimum atomic E-state index is 0.189. The summed E-state index contributed by atoms with van der Waals surface area (Å²) in [5.41, 5.74) is 1.06. The molecular formula is C10H22BrNO. The van der Waals surface area contributed by atoms with Gasteiger partial charge in [0.2, 0.25) is 0 Å². The molecule has 0 radical (unpaired) electrons. The molecule has 0 amide bonds. The Morgan fingerprint density at radius 1 is 1.46 bits per heavy atom. The second kappa shape index (κ2) is 10.2. The van der Waals surface area contributed by atoms with Crippen molar-refractivity contribution in [2.24, 2.45) is 0 Å². The second-order valence-electron chi connectivity index (χ2n) is 3.43. The van der Waals surface area contributed by atoms with E-state index < -0.39 is 0 Å². The van der Waals surface area contributed by atoms with Crippen LogP contribution in [0.1, 0.15) is 20.3 Å². The van der Waals surface area contributed by atoms with E-state index in [4.69, 9.17) is 4.74 Å². The molecule has 0 spiro atoms. The van der Waals surface area contributed by atoms with Gasteiger partial charge in [-0.1, -0.05) is 35.0 Å². The van der Waals surface area contributed by atoms with Gasteiger partial charge in [-0.15, -0.1) is 0 Å². The van der Waals surface area contributed by atoms with E-state index in [0.717, 1.165) is 12.0 Å². The Hall–Kier alpha value is 0.140. The van der Waals surface area contributed by atoms with E-state index in [1.165, 1.54) is 0 Å². The van der Waals surface area contributed by atoms with E-state index in [2.05, 4.69) is 29.4 Å². The number of halogens is 1. The van der Waals surface area contributed by atoms with Crippen LogP contribution in [0.25, 0.3) is 0 Å². The molecule has 80 valence electrons. The molecule has 0 rings (SSSR count). The van der Waals surface area contributed by atoms with Crippen LogP contribution in [0.2, 0.25) is 0 Å². The monoisotopic (exact) mass is 251 g/mol. The molecule has 0 aromatic heterocycles. The third kappa shape index (κ3) is 24.5. The maximum absolute atomic E-state index is 5.27. The molecule has 0 heterocycles. The van der Waals surface area contributed by atoms with Gasteiger partial charge < -0.3 is 9.64 Å². The molecule has 0 aromatic carbocycles. The fraction of sp³-hybridized carbons (Fsp3) is 0.800. The molecule has 1 unspecified atom stereocenters. The van der Waals surface area contributed by atoms with Crippen LogP contribution < -0.4 is 0 Å². The Bertz CT molecular complexity index is 123. The lowest BCUT2D eigenvalue weighted by molar-refractivity contribution is 0.136. The number of hydrogen-bond acceptors (Lipinski definition) is 2. The van der Waals surface area contributed by atoms with Crippen LogP contribution in [-0.2, 0) is 4.74 Å². The summed E-state index contributed by atoms with van der Waals surface area (Å²) in [6.07, 6.45) is 0.993. The average molecular weight is 252 g/mol. The number of hydrogen-bond donors (Lipinski definition) is 0. The molecule has 0 saturated heterocycles. The number of rotatable bonds is 4. The third-order valence-electron chi connectivity index (χ3n) is 0.832. The SMILES string of the molecule is C=C(C)COC(Br)CC.CN(C)C. The predicted octanol–water partition coefficient (Wildman–Crippen LogP) is 2.89. The molecule has 0 aliphatic rings. The predicted molar refractivity (Wildman–Crippen MR) is 63.4 cm³/mol. The largest absolute Gasteiger partial charge is 0.363 e. The summed E-state index contributed by atoms with van der Waals surface area (Å²) in [5.74, 6) is 0. The van der Waals surface area contributed by atoms with Crippen molar-refractivity contribution in [2.75, 3.05) is 27.7 Å². The van der Waals surface area contributed by atoms with Crippen LogP contribution in [0, 0.1) is 0 Å². The van der Waals surface area contributed by atoms with Crippen LogP contribution in [0.5, 0.6) is 0 Å². The normalized spacial score (nSPS) is 11.9. The van der Waals surface area contributed by atoms with Crippen molar-refractivity contribution in [1.29, 1.82) is 0 Å². The fourth-order valence-corrected chi connectivity index (χ4v) is 0.483. The fourth-order valence-electron chi connectivity index (χ4n) is 0.351. The number of nitrogens with zero attached hydrogens (tertiary/aromatic N) is 1. The zero-order valence-corrected chi connectivity index (χ0v) is 11.0. The van der Waals surface area contributed by atoms with Gasteiger partial charge in [-0.25, -0.2) is 0 Å². The van der Waals surface area contributed by atoms with Crippen LogP contribution in [-0.4, -0.2) is 37.7 Å². The van der Waals surface area contributed by atoms with E-state index in [9.17, 15) is 0 Å². The summed E-state index contributed by atoms with van der Waals surface area (Å²) >= 11 is 3.34. The molecule has 1 atom stereocenters. The molecule has 0 aliphatic carbocycles. The Morgan fingerprint density at radius 2 is 1.85 bits per heavy atom. The van der Waals surface area contributed by atoms with Crippen LogP contribution in [0.3, 0.4) is 0 Å². The Balaban J connectivity index is 0. The van der Waals surface area contributed by atoms with Crippen LogP contribution >= 0.6 is 15.9 Å². The summed E-state index contributed by atoms with van der Waals surface area (Å²) in [5, 5.41) is 0.189. The summed E-state index contributed by atoms with van der Waals surface area (Å²) in [6.45, 7) is 8.39. The van der Waals surface area contributed by atoms with Crippen molar-refractivity contribution in [3.05, 3.63) is 12.2 Å². The van der Waals surface area contributed by atoms with Gasteiger partial charge in [0.05, 0.1) is 6.61 Å². The maximum Gasteiger partial charge on any atom is 0.112 e. The molecule has 3 heteroatoms. The highest BCUT2D eigenvalue weighted by molar-refractivity contribution is 9.09. The molecule has 0 fully saturated rings. The molecule has 0 saturated carbocycles. The highest BCUT2D eigenvalue weighted by Crippen LogP contribution is 2.06. The zero-order valence-electron chi connectivity index (χ0n) is 9.43. The second-order valence-corrected chi connectivity index (χ2v) is 4.45. The Morgan fingerprint density at radius 3 is 2.08 bits per heavy atom. The van der Waals surface area contributed by atoms with Crippen molar-refractivity contribution >= 4 is 15.9 Å². The molecule has 0 N–H and O–H groups in total. The summed E-state index contributed by atoms with van der Waals surface area (Å²) in [4.78, 5) is 2.00. The molecule has 0 aromatic rings. The molecule has 2 nitrogen and oxygen atoms in total. The number of alkyl halides is 1. The summed E-state index contributed by atoms with van der Waals surface area (Å²) < 4.78 is 5.27. The first kappa shape index (κ1) is 15.6. The lowest BCUT2D eigenvalue weighted by atomic mass is 10.4. The van der Waals surface area contributed by atoms with Crippen molar-refractivity contribution in [3.63, 3.8) is 0 Å². The van der Waals surface area contributed by atoms with Gasteiger partial charge >= 0.3 is 0 Å². The molecule has 0 bridgehead atoms. The Labute approximate surface area is 91.1 Å². The topological polar surface area (TPSA) is 12.5 Å². The van der Waals surface area contributed by atoms with Gasteiger partial charge in [-0.3, -0.25) is 0 Å². The van der Waals surface area contributed by atoms with Gasteiger partial charge in [0.1, 0.15) is 5.01 Å². The Kier molecular flexibility index (Phi) is 12.3. The average Bonchev–Trinajstić information content (AvgIpc) is 1.99. The lowest BCUT2D eigenvalue weighted by Gasteiger charge is -2.07. The van der Waals surface area contributed by atoms with E-state index in [-0.39, 0.29) is 5.01 Å². The first-order valence-electron chi connectivity index (χ1n) is 4.41. The molecule has 13 heavy (non-hydrogen) atoms. The van der Waals surface area contributed by atoms with Crippen molar-refractivity contribution in [1.82, 2.24) is 4.90 Å². The molecule has 0 aliphatic heterocycles. The van der Waals surface area contributed by atoms with Gasteiger partial charge in [-0.2, -0.15) is 0 Å². The van der Waals surface area contributed by atoms with Crippen LogP contribution in [0.4, 0.5) is 0 Å². The van der Waals surface area contributed by atoms with Crippen LogP contribution in [0.15, 0.2) is 12.2 Å². The quantitative estimate of drug-likeness (QED) is 0.563. The molecular weight excluding hydrogens is 230 g/mol. The third-order valence-corrected chi connectivity index (χ3v) is 1.74. The first-order valence-corrected chi connectivity index (χ1v) is 5.32. The minimum absolute atomic E-state index is 0.189. The van der Waals surface area contributed by atoms with Crippen molar-refractivity contribution < 1.29 is 4.74 Å². The van der Waals surface area contributed by atoms with E-state index in [1.807, 2.05) is 33.0 Å². The maximum atomic E-state index is 5.27. The highest BCUT2D eigenvalue weighted by Gasteiger charge is 1.97. The van der Waals surface area contributed by atoms with E-state index in [1.54, 1.807) is 0 Å². The van der Waals surface area contributed by atoms with Crippen molar-refractivity contribution in [2.45, 2.75) is 25.3 Å². The summed E-state index contributed by atoms with van der Waals surface area (Å²) in [6, 6.07) is 0. The van der Waals surface area contributed by atoms with Crippen molar-refractivity contribution in [3.8, 4) is 0 Å². The number of ether oxygens (including phenoxy) is 1. The van der Waals surface area contributed by atoms with Gasteiger partial charge in [0, 0.05) is 0 Å². The summed E-state index contributed by atoms with van der Waals surface area (Å²) in [7, 11) is 6.00. The lowest BCUT2D eigenvalue weighted by Crippen LogP contribution is -2.03. The highest BCUT2D eigenvalue weighted by atomic mass is 79.9. The van der Waals surface area contributed by atoms with E-state index >= 15 is 0 Å². The van der Waals surface area contributed by atoms with Gasteiger partial charge in [0.25, 0.3) is 0 Å². The van der Waals surface area contributed by atoms with Gasteiger partial charge in [-0.05, 0) is 34.5 Å². The standard InChI is InChI=1S/C7H13BrO.C3H9N/c1-4-7(8)9-5-6(2)3;1-4(2)3/h7H,2,4-5H2,1,3H3;1-3H3. The van der Waals surface area contributed by atoms with E-state index in [0.29, 0.717) is 6.61 Å². The first-order chi connectivity index (χ1) is 5.90.